The second kappa shape index (κ2) is 14.3. The number of urea groups is 1. The molecule has 1 aromatic heterocycles. The van der Waals surface area contributed by atoms with Crippen molar-refractivity contribution in [2.75, 3.05) is 30.9 Å². The minimum atomic E-state index is -4.75. The second-order valence-corrected chi connectivity index (χ2v) is 12.2. The van der Waals surface area contributed by atoms with Crippen molar-refractivity contribution >= 4 is 28.6 Å². The smallest absolute Gasteiger partial charge is 0.497 e. The summed E-state index contributed by atoms with van der Waals surface area (Å²) in [4.78, 5) is 23.9. The molecule has 2 amide bonds. The van der Waals surface area contributed by atoms with E-state index in [9.17, 15) is 18.0 Å². The van der Waals surface area contributed by atoms with Crippen molar-refractivity contribution in [3.8, 4) is 28.6 Å². The van der Waals surface area contributed by atoms with Crippen LogP contribution < -0.4 is 19.7 Å². The van der Waals surface area contributed by atoms with Crippen molar-refractivity contribution in [3.05, 3.63) is 84.2 Å². The number of rotatable bonds is 9. The van der Waals surface area contributed by atoms with Gasteiger partial charge in [0.2, 0.25) is 0 Å². The van der Waals surface area contributed by atoms with Gasteiger partial charge in [0.25, 0.3) is 0 Å². The highest BCUT2D eigenvalue weighted by Gasteiger charge is 2.31. The Bertz CT molecular complexity index is 1670. The zero-order valence-corrected chi connectivity index (χ0v) is 26.7. The topological polar surface area (TPSA) is 93.9 Å². The van der Waals surface area contributed by atoms with Gasteiger partial charge in [0.15, 0.2) is 11.0 Å². The highest BCUT2D eigenvalue weighted by Crippen LogP contribution is 2.35. The molecular formula is C33H35F3N6O3S. The molecule has 1 aliphatic rings. The van der Waals surface area contributed by atoms with E-state index in [0.717, 1.165) is 41.3 Å². The van der Waals surface area contributed by atoms with E-state index in [-0.39, 0.29) is 17.7 Å². The molecule has 3 aromatic carbocycles. The second-order valence-electron chi connectivity index (χ2n) is 11.1. The molecule has 9 nitrogen and oxygen atoms in total. The van der Waals surface area contributed by atoms with Gasteiger partial charge in [-0.15, -0.1) is 18.3 Å². The Hall–Kier alpha value is -4.52. The monoisotopic (exact) mass is 652 g/mol. The van der Waals surface area contributed by atoms with E-state index >= 15 is 0 Å². The van der Waals surface area contributed by atoms with E-state index in [1.165, 1.54) is 40.8 Å². The van der Waals surface area contributed by atoms with Gasteiger partial charge in [-0.1, -0.05) is 62.9 Å². The van der Waals surface area contributed by atoms with Gasteiger partial charge in [-0.2, -0.15) is 4.99 Å². The number of benzene rings is 3. The predicted octanol–water partition coefficient (Wildman–Crippen LogP) is 7.78. The Morgan fingerprint density at radius 2 is 1.76 bits per heavy atom. The lowest BCUT2D eigenvalue weighted by atomic mass is 10.00. The number of halogens is 3. The SMILES string of the molecule is COc1ccc(C(C)C)c(N2CCCSC2=NC(=O)NCC(C)c2ccc(-c3ncn(-c4ccc(OC(F)(F)F)cc4)n3)cc2)c1. The van der Waals surface area contributed by atoms with Crippen LogP contribution in [0.15, 0.2) is 78.0 Å². The zero-order valence-electron chi connectivity index (χ0n) is 25.9. The number of carbonyl (C=O) groups excluding carboxylic acids is 1. The van der Waals surface area contributed by atoms with Crippen LogP contribution in [0.4, 0.5) is 23.7 Å². The van der Waals surface area contributed by atoms with Crippen LogP contribution >= 0.6 is 11.8 Å². The third-order valence-corrected chi connectivity index (χ3v) is 8.52. The fraction of sp³-hybridized carbons (Fsp3) is 0.333. The first-order valence-electron chi connectivity index (χ1n) is 14.8. The average molecular weight is 653 g/mol. The molecule has 1 aliphatic heterocycles. The molecular weight excluding hydrogens is 617 g/mol. The number of aromatic nitrogens is 3. The van der Waals surface area contributed by atoms with Crippen LogP contribution in [0.25, 0.3) is 17.1 Å². The summed E-state index contributed by atoms with van der Waals surface area (Å²) in [5, 5.41) is 8.08. The highest BCUT2D eigenvalue weighted by molar-refractivity contribution is 8.14. The van der Waals surface area contributed by atoms with E-state index in [2.05, 4.69) is 49.9 Å². The summed E-state index contributed by atoms with van der Waals surface area (Å²) in [6.07, 6.45) is -2.28. The summed E-state index contributed by atoms with van der Waals surface area (Å²) < 4.78 is 48.2. The Morgan fingerprint density at radius 1 is 1.04 bits per heavy atom. The summed E-state index contributed by atoms with van der Waals surface area (Å²) in [6, 6.07) is 18.7. The lowest BCUT2D eigenvalue weighted by molar-refractivity contribution is -0.274. The summed E-state index contributed by atoms with van der Waals surface area (Å²) in [6.45, 7) is 7.48. The molecule has 46 heavy (non-hydrogen) atoms. The third kappa shape index (κ3) is 8.19. The number of methoxy groups -OCH3 is 1. The molecule has 1 unspecified atom stereocenters. The first-order chi connectivity index (χ1) is 22.0. The number of hydrogen-bond donors (Lipinski definition) is 1. The van der Waals surface area contributed by atoms with Crippen molar-refractivity contribution in [2.24, 2.45) is 4.99 Å². The Balaban J connectivity index is 1.20. The van der Waals surface area contributed by atoms with Gasteiger partial charge >= 0.3 is 12.4 Å². The van der Waals surface area contributed by atoms with Crippen molar-refractivity contribution in [2.45, 2.75) is 45.4 Å². The maximum atomic E-state index is 13.0. The fourth-order valence-corrected chi connectivity index (χ4v) is 5.96. The number of amidine groups is 1. The van der Waals surface area contributed by atoms with Crippen LogP contribution in [-0.4, -0.2) is 58.3 Å². The molecule has 1 saturated heterocycles. The van der Waals surface area contributed by atoms with Crippen molar-refractivity contribution < 1.29 is 27.4 Å². The summed E-state index contributed by atoms with van der Waals surface area (Å²) >= 11 is 1.58. The molecule has 0 bridgehead atoms. The third-order valence-electron chi connectivity index (χ3n) is 7.46. The molecule has 0 radical (unpaired) electrons. The first-order valence-corrected chi connectivity index (χ1v) is 15.8. The van der Waals surface area contributed by atoms with Crippen LogP contribution in [0.3, 0.4) is 0 Å². The number of aliphatic imine (C=N–C) groups is 1. The standard InChI is InChI=1S/C33H35F3N6O3S/c1-21(2)28-15-14-27(44-4)18-29(28)41-16-5-17-46-32(41)39-31(43)37-19-22(3)23-6-8-24(9-7-23)30-38-20-42(40-30)25-10-12-26(13-11-25)45-33(34,35)36/h6-15,18,20-22H,5,16-17,19H2,1-4H3,(H,37,43). The van der Waals surface area contributed by atoms with E-state index in [1.54, 1.807) is 18.9 Å². The van der Waals surface area contributed by atoms with Crippen molar-refractivity contribution in [1.82, 2.24) is 20.1 Å². The maximum absolute atomic E-state index is 13.0. The molecule has 0 spiro atoms. The van der Waals surface area contributed by atoms with Gasteiger partial charge in [-0.05, 0) is 59.7 Å². The highest BCUT2D eigenvalue weighted by atomic mass is 32.2. The summed E-state index contributed by atoms with van der Waals surface area (Å²) in [5.74, 6) is 2.11. The molecule has 0 aliphatic carbocycles. The molecule has 1 N–H and O–H groups in total. The molecule has 2 heterocycles. The van der Waals surface area contributed by atoms with E-state index in [0.29, 0.717) is 29.1 Å². The molecule has 1 atom stereocenters. The van der Waals surface area contributed by atoms with Crippen molar-refractivity contribution in [1.29, 1.82) is 0 Å². The van der Waals surface area contributed by atoms with E-state index in [1.807, 2.05) is 43.3 Å². The van der Waals surface area contributed by atoms with Gasteiger partial charge < -0.3 is 19.7 Å². The molecule has 242 valence electrons. The normalized spacial score (nSPS) is 15.2. The zero-order chi connectivity index (χ0) is 32.8. The minimum absolute atomic E-state index is 0.0159. The van der Waals surface area contributed by atoms with Gasteiger partial charge in [0.05, 0.1) is 12.8 Å². The summed E-state index contributed by atoms with van der Waals surface area (Å²) in [5.41, 5.74) is 4.51. The lowest BCUT2D eigenvalue weighted by Gasteiger charge is -2.32. The van der Waals surface area contributed by atoms with E-state index < -0.39 is 6.36 Å². The first kappa shape index (κ1) is 32.9. The number of carbonyl (C=O) groups is 1. The van der Waals surface area contributed by atoms with Crippen LogP contribution in [0, 0.1) is 0 Å². The van der Waals surface area contributed by atoms with Crippen LogP contribution in [0.2, 0.25) is 0 Å². The number of anilines is 1. The number of hydrogen-bond acceptors (Lipinski definition) is 6. The number of nitrogens with zero attached hydrogens (tertiary/aromatic N) is 5. The van der Waals surface area contributed by atoms with Gasteiger partial charge in [-0.25, -0.2) is 14.5 Å². The Kier molecular flexibility index (Phi) is 10.2. The number of nitrogens with one attached hydrogen (secondary N) is 1. The molecule has 0 saturated carbocycles. The maximum Gasteiger partial charge on any atom is 0.573 e. The van der Waals surface area contributed by atoms with Crippen LogP contribution in [-0.2, 0) is 0 Å². The minimum Gasteiger partial charge on any atom is -0.497 e. The van der Waals surface area contributed by atoms with Crippen LogP contribution in [0.5, 0.6) is 11.5 Å². The van der Waals surface area contributed by atoms with Crippen LogP contribution in [0.1, 0.15) is 50.2 Å². The number of ether oxygens (including phenoxy) is 2. The molecule has 13 heteroatoms. The average Bonchev–Trinajstić information content (AvgIpc) is 3.54. The number of alkyl halides is 3. The quantitative estimate of drug-likeness (QED) is 0.197. The van der Waals surface area contributed by atoms with E-state index in [4.69, 9.17) is 4.74 Å². The predicted molar refractivity (Wildman–Crippen MR) is 174 cm³/mol. The number of amides is 2. The van der Waals surface area contributed by atoms with Gasteiger partial charge in [0, 0.05) is 36.2 Å². The largest absolute Gasteiger partial charge is 0.573 e. The molecule has 5 rings (SSSR count). The van der Waals surface area contributed by atoms with Crippen molar-refractivity contribution in [3.63, 3.8) is 0 Å². The molecule has 1 fully saturated rings. The Labute approximate surface area is 269 Å². The number of thioether (sulfide) groups is 1. The summed E-state index contributed by atoms with van der Waals surface area (Å²) in [7, 11) is 1.65. The fourth-order valence-electron chi connectivity index (χ4n) is 5.01. The Morgan fingerprint density at radius 3 is 2.43 bits per heavy atom. The molecule has 4 aromatic rings. The van der Waals surface area contributed by atoms with Gasteiger partial charge in [0.1, 0.15) is 17.8 Å². The lowest BCUT2D eigenvalue weighted by Crippen LogP contribution is -2.37. The van der Waals surface area contributed by atoms with Gasteiger partial charge in [-0.3, -0.25) is 0 Å².